The van der Waals surface area contributed by atoms with Crippen LogP contribution in [0.15, 0.2) is 47.4 Å². The lowest BCUT2D eigenvalue weighted by Crippen LogP contribution is -2.25. The van der Waals surface area contributed by atoms with Crippen molar-refractivity contribution in [2.24, 2.45) is 0 Å². The lowest BCUT2D eigenvalue weighted by Gasteiger charge is -2.22. The maximum Gasteiger partial charge on any atom is 0.305 e. The van der Waals surface area contributed by atoms with Gasteiger partial charge >= 0.3 is 5.97 Å². The van der Waals surface area contributed by atoms with Crippen LogP contribution in [-0.2, 0) is 22.2 Å². The molecule has 2 aromatic rings. The molecule has 2 aromatic carbocycles. The number of nitrogens with one attached hydrogen (secondary N) is 2. The van der Waals surface area contributed by atoms with Crippen LogP contribution in [0.5, 0.6) is 0 Å². The third-order valence-corrected chi connectivity index (χ3v) is 5.52. The molecule has 0 aromatic heterocycles. The fourth-order valence-corrected chi connectivity index (χ4v) is 3.84. The first kappa shape index (κ1) is 23.6. The Labute approximate surface area is 184 Å². The number of benzene rings is 2. The molecule has 0 fully saturated rings. The minimum atomic E-state index is -0.0973. The number of rotatable bonds is 12. The van der Waals surface area contributed by atoms with E-state index in [1.165, 1.54) is 5.56 Å². The highest BCUT2D eigenvalue weighted by Crippen LogP contribution is 2.32. The number of carbonyl (C=O) groups excluding carboxylic acids is 1. The molecule has 0 bridgehead atoms. The van der Waals surface area contributed by atoms with Crippen molar-refractivity contribution in [3.63, 3.8) is 0 Å². The van der Waals surface area contributed by atoms with Gasteiger partial charge in [-0.3, -0.25) is 4.79 Å². The predicted molar refractivity (Wildman–Crippen MR) is 125 cm³/mol. The van der Waals surface area contributed by atoms with Crippen molar-refractivity contribution in [1.29, 1.82) is 0 Å². The zero-order chi connectivity index (χ0) is 21.1. The van der Waals surface area contributed by atoms with E-state index in [1.54, 1.807) is 0 Å². The van der Waals surface area contributed by atoms with Crippen molar-refractivity contribution in [2.75, 3.05) is 25.5 Å². The molecule has 2 rings (SSSR count). The van der Waals surface area contributed by atoms with Crippen LogP contribution in [0.4, 0.5) is 5.69 Å². The van der Waals surface area contributed by atoms with Crippen molar-refractivity contribution in [3.8, 4) is 0 Å². The van der Waals surface area contributed by atoms with E-state index in [9.17, 15) is 4.79 Å². The van der Waals surface area contributed by atoms with Gasteiger partial charge in [-0.25, -0.2) is 0 Å². The number of carbonyl (C=O) groups is 1. The van der Waals surface area contributed by atoms with E-state index in [2.05, 4.69) is 41.5 Å². The highest BCUT2D eigenvalue weighted by Gasteiger charge is 2.21. The van der Waals surface area contributed by atoms with Gasteiger partial charge in [0.05, 0.1) is 12.6 Å². The zero-order valence-corrected chi connectivity index (χ0v) is 19.0. The molecule has 0 amide bonds. The largest absolute Gasteiger partial charge is 0.466 e. The fourth-order valence-electron chi connectivity index (χ4n) is 3.36. The number of hydrogen-bond acceptors (Lipinski definition) is 4. The Morgan fingerprint density at radius 2 is 1.86 bits per heavy atom. The van der Waals surface area contributed by atoms with Crippen LogP contribution in [0.25, 0.3) is 0 Å². The molecule has 1 unspecified atom stereocenters. The van der Waals surface area contributed by atoms with Gasteiger partial charge in [-0.05, 0) is 68.8 Å². The Kier molecular flexibility index (Phi) is 10.4. The number of unbranched alkanes of at least 4 members (excludes halogenated alkanes) is 3. The van der Waals surface area contributed by atoms with E-state index in [-0.39, 0.29) is 12.0 Å². The van der Waals surface area contributed by atoms with Crippen LogP contribution < -0.4 is 10.6 Å². The van der Waals surface area contributed by atoms with E-state index in [0.29, 0.717) is 13.0 Å². The van der Waals surface area contributed by atoms with Crippen molar-refractivity contribution < 1.29 is 9.53 Å². The molecule has 158 valence electrons. The summed E-state index contributed by atoms with van der Waals surface area (Å²) in [7, 11) is 1.94. The Bertz CT molecular complexity index is 785. The smallest absolute Gasteiger partial charge is 0.305 e. The summed E-state index contributed by atoms with van der Waals surface area (Å²) in [5.41, 5.74) is 3.38. The van der Waals surface area contributed by atoms with Crippen LogP contribution in [0.2, 0.25) is 5.02 Å². The molecule has 0 saturated carbocycles. The topological polar surface area (TPSA) is 50.4 Å². The van der Waals surface area contributed by atoms with Gasteiger partial charge in [-0.1, -0.05) is 42.6 Å². The lowest BCUT2D eigenvalue weighted by atomic mass is 9.96. The minimum Gasteiger partial charge on any atom is -0.466 e. The van der Waals surface area contributed by atoms with Crippen molar-refractivity contribution >= 4 is 35.9 Å². The fraction of sp³-hybridized carbons (Fsp3) is 0.435. The Morgan fingerprint density at radius 1 is 1.10 bits per heavy atom. The molecule has 0 aliphatic rings. The summed E-state index contributed by atoms with van der Waals surface area (Å²) in [6.07, 6.45) is 4.53. The summed E-state index contributed by atoms with van der Waals surface area (Å²) < 4.78 is 4.97. The molecule has 0 aliphatic carbocycles. The minimum absolute atomic E-state index is 0.0179. The van der Waals surface area contributed by atoms with Crippen molar-refractivity contribution in [3.05, 3.63) is 58.6 Å². The number of anilines is 1. The molecule has 0 spiro atoms. The van der Waals surface area contributed by atoms with Crippen molar-refractivity contribution in [1.82, 2.24) is 5.32 Å². The standard InChI is InChI=1S/C23H31ClN2O2S/c1-3-28-22(27)12-6-4-5-9-15-26-23(18-10-7-8-11-20(18)25-2)19-16-17(24)13-14-21(19)29/h7-8,10-11,13-14,16,23,25-26,29H,3-6,9,12,15H2,1-2H3/p+1. The average Bonchev–Trinajstić information content (AvgIpc) is 2.72. The normalized spacial score (nSPS) is 11.9. The Morgan fingerprint density at radius 3 is 2.62 bits per heavy atom. The molecule has 0 radical (unpaired) electrons. The van der Waals surface area contributed by atoms with Crippen molar-refractivity contribution in [2.45, 2.75) is 50.0 Å². The maximum absolute atomic E-state index is 11.4. The van der Waals surface area contributed by atoms with Gasteiger partial charge in [0.15, 0.2) is 4.90 Å². The molecule has 2 N–H and O–H groups in total. The first-order chi connectivity index (χ1) is 14.1. The second-order valence-electron chi connectivity index (χ2n) is 6.93. The average molecular weight is 436 g/mol. The molecule has 0 saturated heterocycles. The van der Waals surface area contributed by atoms with Gasteiger partial charge in [-0.15, -0.1) is 0 Å². The number of halogens is 1. The Hall–Kier alpha value is -1.69. The number of para-hydroxylation sites is 1. The van der Waals surface area contributed by atoms with E-state index in [1.807, 2.05) is 38.2 Å². The molecule has 0 heterocycles. The van der Waals surface area contributed by atoms with Gasteiger partial charge in [0, 0.05) is 29.7 Å². The Balaban J connectivity index is 1.99. The third-order valence-electron chi connectivity index (χ3n) is 4.83. The first-order valence-electron chi connectivity index (χ1n) is 10.2. The molecule has 1 atom stereocenters. The lowest BCUT2D eigenvalue weighted by molar-refractivity contribution is -0.143. The quantitative estimate of drug-likeness (QED) is 0.281. The van der Waals surface area contributed by atoms with Crippen LogP contribution >= 0.6 is 11.6 Å². The second-order valence-corrected chi connectivity index (χ2v) is 7.90. The highest BCUT2D eigenvalue weighted by atomic mass is 35.5. The zero-order valence-electron chi connectivity index (χ0n) is 17.3. The second kappa shape index (κ2) is 12.8. The van der Waals surface area contributed by atoms with Crippen LogP contribution in [0.1, 0.15) is 56.2 Å². The third kappa shape index (κ3) is 7.57. The molecule has 6 heteroatoms. The molecule has 4 nitrogen and oxygen atoms in total. The van der Waals surface area contributed by atoms with Gasteiger partial charge in [0.25, 0.3) is 0 Å². The molecule has 0 aliphatic heterocycles. The van der Waals surface area contributed by atoms with E-state index in [4.69, 9.17) is 16.3 Å². The highest BCUT2D eigenvalue weighted by molar-refractivity contribution is 7.58. The SMILES string of the molecule is CCOC(=O)CCCCCCNC(c1cc(Cl)ccc1[SH2+])c1ccccc1NC. The number of hydrogen-bond donors (Lipinski definition) is 2. The summed E-state index contributed by atoms with van der Waals surface area (Å²) in [6, 6.07) is 14.2. The van der Waals surface area contributed by atoms with E-state index < -0.39 is 0 Å². The van der Waals surface area contributed by atoms with E-state index in [0.717, 1.165) is 53.4 Å². The van der Waals surface area contributed by atoms with Crippen LogP contribution in [-0.4, -0.2) is 26.2 Å². The number of esters is 1. The van der Waals surface area contributed by atoms with E-state index >= 15 is 0 Å². The predicted octanol–water partition coefficient (Wildman–Crippen LogP) is 4.94. The molecular weight excluding hydrogens is 404 g/mol. The van der Waals surface area contributed by atoms with Gasteiger partial charge in [0.2, 0.25) is 0 Å². The maximum atomic E-state index is 11.4. The van der Waals surface area contributed by atoms with Gasteiger partial charge in [-0.2, -0.15) is 0 Å². The number of ether oxygens (including phenoxy) is 1. The first-order valence-corrected chi connectivity index (χ1v) is 11.1. The van der Waals surface area contributed by atoms with Gasteiger partial charge in [0.1, 0.15) is 0 Å². The summed E-state index contributed by atoms with van der Waals surface area (Å²) in [5, 5.41) is 7.70. The monoisotopic (exact) mass is 435 g/mol. The summed E-state index contributed by atoms with van der Waals surface area (Å²) in [4.78, 5) is 12.4. The summed E-state index contributed by atoms with van der Waals surface area (Å²) in [6.45, 7) is 3.17. The van der Waals surface area contributed by atoms with Crippen LogP contribution in [0, 0.1) is 0 Å². The molecule has 29 heavy (non-hydrogen) atoms. The summed E-state index contributed by atoms with van der Waals surface area (Å²) in [5.74, 6) is -0.0973. The van der Waals surface area contributed by atoms with Gasteiger partial charge < -0.3 is 15.4 Å². The molecular formula is C23H32ClN2O2S+. The van der Waals surface area contributed by atoms with Crippen LogP contribution in [0.3, 0.4) is 0 Å². The summed E-state index contributed by atoms with van der Waals surface area (Å²) >= 11 is 10.0.